The van der Waals surface area contributed by atoms with E-state index in [0.29, 0.717) is 11.4 Å². The highest BCUT2D eigenvalue weighted by molar-refractivity contribution is 5.92. The molecule has 0 fully saturated rings. The van der Waals surface area contributed by atoms with Crippen molar-refractivity contribution in [2.24, 2.45) is 0 Å². The second-order valence-electron chi connectivity index (χ2n) is 3.32. The number of hydrogen-bond acceptors (Lipinski definition) is 4. The molecule has 1 rings (SSSR count). The van der Waals surface area contributed by atoms with Gasteiger partial charge < -0.3 is 9.84 Å². The lowest BCUT2D eigenvalue weighted by Crippen LogP contribution is -2.38. The molecule has 2 N–H and O–H groups in total. The summed E-state index contributed by atoms with van der Waals surface area (Å²) in [5.74, 6) is -0.649. The fourth-order valence-electron chi connectivity index (χ4n) is 1.24. The predicted octanol–water partition coefficient (Wildman–Crippen LogP) is 0.857. The maximum absolute atomic E-state index is 11.6. The van der Waals surface area contributed by atoms with Crippen molar-refractivity contribution in [2.45, 2.75) is 0 Å². The van der Waals surface area contributed by atoms with Gasteiger partial charge in [0, 0.05) is 7.05 Å². The number of hydroxylamine groups is 1. The summed E-state index contributed by atoms with van der Waals surface area (Å²) in [5, 5.41) is 8.35. The van der Waals surface area contributed by atoms with Gasteiger partial charge in [0.1, 0.15) is 5.75 Å². The van der Waals surface area contributed by atoms with Gasteiger partial charge in [0.05, 0.1) is 12.8 Å². The van der Waals surface area contributed by atoms with Crippen LogP contribution in [0.15, 0.2) is 24.3 Å². The van der Waals surface area contributed by atoms with E-state index in [1.54, 1.807) is 24.3 Å². The second-order valence-corrected chi connectivity index (χ2v) is 3.32. The van der Waals surface area contributed by atoms with E-state index in [9.17, 15) is 9.59 Å². The van der Waals surface area contributed by atoms with Crippen LogP contribution in [0.25, 0.3) is 0 Å². The molecular weight excluding hydrogens is 240 g/mol. The van der Waals surface area contributed by atoms with Crippen molar-refractivity contribution in [1.82, 2.24) is 5.48 Å². The van der Waals surface area contributed by atoms with Crippen LogP contribution >= 0.6 is 0 Å². The first-order valence-electron chi connectivity index (χ1n) is 5.06. The Morgan fingerprint density at radius 2 is 2.06 bits per heavy atom. The Bertz CT molecular complexity index is 435. The number of urea groups is 1. The molecule has 1 aromatic carbocycles. The minimum Gasteiger partial charge on any atom is -0.495 e. The van der Waals surface area contributed by atoms with Crippen LogP contribution in [0.3, 0.4) is 0 Å². The Balaban J connectivity index is 2.65. The van der Waals surface area contributed by atoms with Crippen LogP contribution in [0.5, 0.6) is 5.75 Å². The molecule has 0 bridgehead atoms. The van der Waals surface area contributed by atoms with Gasteiger partial charge in [0.15, 0.2) is 6.61 Å². The van der Waals surface area contributed by atoms with Gasteiger partial charge in [-0.3, -0.25) is 9.74 Å². The summed E-state index contributed by atoms with van der Waals surface area (Å²) >= 11 is 0. The fourth-order valence-corrected chi connectivity index (χ4v) is 1.24. The van der Waals surface area contributed by atoms with Crippen LogP contribution in [0, 0.1) is 0 Å². The van der Waals surface area contributed by atoms with Crippen molar-refractivity contribution in [3.05, 3.63) is 24.3 Å². The summed E-state index contributed by atoms with van der Waals surface area (Å²) in [6.45, 7) is -0.606. The molecule has 0 heterocycles. The number of carboxylic acids is 1. The first-order chi connectivity index (χ1) is 8.56. The van der Waals surface area contributed by atoms with Crippen molar-refractivity contribution >= 4 is 17.7 Å². The monoisotopic (exact) mass is 254 g/mol. The average Bonchev–Trinajstić information content (AvgIpc) is 2.37. The van der Waals surface area contributed by atoms with E-state index in [1.807, 2.05) is 5.48 Å². The molecule has 0 saturated heterocycles. The van der Waals surface area contributed by atoms with E-state index in [2.05, 4.69) is 4.84 Å². The Kier molecular flexibility index (Phi) is 4.94. The number of ether oxygens (including phenoxy) is 1. The molecule has 0 aromatic heterocycles. The number of hydrogen-bond donors (Lipinski definition) is 2. The van der Waals surface area contributed by atoms with Crippen LogP contribution in [-0.2, 0) is 9.63 Å². The zero-order valence-corrected chi connectivity index (χ0v) is 10.0. The van der Waals surface area contributed by atoms with Crippen molar-refractivity contribution in [3.63, 3.8) is 0 Å². The Labute approximate surface area is 104 Å². The van der Waals surface area contributed by atoms with Crippen LogP contribution in [0.1, 0.15) is 0 Å². The molecule has 1 aromatic rings. The largest absolute Gasteiger partial charge is 0.495 e. The van der Waals surface area contributed by atoms with Gasteiger partial charge in [-0.15, -0.1) is 0 Å². The predicted molar refractivity (Wildman–Crippen MR) is 63.5 cm³/mol. The number of rotatable bonds is 5. The molecule has 18 heavy (non-hydrogen) atoms. The quantitative estimate of drug-likeness (QED) is 0.761. The maximum atomic E-state index is 11.6. The summed E-state index contributed by atoms with van der Waals surface area (Å²) < 4.78 is 5.10. The van der Waals surface area contributed by atoms with Gasteiger partial charge in [0.25, 0.3) is 0 Å². The van der Waals surface area contributed by atoms with Crippen molar-refractivity contribution in [2.75, 3.05) is 25.7 Å². The Morgan fingerprint density at radius 1 is 1.39 bits per heavy atom. The number of anilines is 1. The Morgan fingerprint density at radius 3 is 2.67 bits per heavy atom. The van der Waals surface area contributed by atoms with Crippen molar-refractivity contribution in [1.29, 1.82) is 0 Å². The van der Waals surface area contributed by atoms with Gasteiger partial charge in [-0.25, -0.2) is 15.1 Å². The topological polar surface area (TPSA) is 88.1 Å². The van der Waals surface area contributed by atoms with Crippen molar-refractivity contribution < 1.29 is 24.3 Å². The van der Waals surface area contributed by atoms with E-state index in [1.165, 1.54) is 19.1 Å². The molecule has 7 nitrogen and oxygen atoms in total. The molecule has 0 aliphatic rings. The molecule has 2 amide bonds. The lowest BCUT2D eigenvalue weighted by Gasteiger charge is -2.19. The van der Waals surface area contributed by atoms with E-state index in [0.717, 1.165) is 0 Å². The normalized spacial score (nSPS) is 9.67. The van der Waals surface area contributed by atoms with Crippen LogP contribution in [-0.4, -0.2) is 37.9 Å². The summed E-state index contributed by atoms with van der Waals surface area (Å²) in [6, 6.07) is 6.32. The number of carboxylic acid groups (broad SMARTS) is 1. The lowest BCUT2D eigenvalue weighted by molar-refractivity contribution is -0.143. The van der Waals surface area contributed by atoms with Gasteiger partial charge in [-0.1, -0.05) is 12.1 Å². The highest BCUT2D eigenvalue weighted by atomic mass is 16.7. The lowest BCUT2D eigenvalue weighted by atomic mass is 10.3. The fraction of sp³-hybridized carbons (Fsp3) is 0.273. The number of carbonyl (C=O) groups excluding carboxylic acids is 1. The zero-order valence-electron chi connectivity index (χ0n) is 10.0. The van der Waals surface area contributed by atoms with Gasteiger partial charge in [-0.05, 0) is 12.1 Å². The summed E-state index contributed by atoms with van der Waals surface area (Å²) in [6.07, 6.45) is 0. The van der Waals surface area contributed by atoms with Gasteiger partial charge in [0.2, 0.25) is 0 Å². The molecule has 0 saturated carbocycles. The number of amides is 2. The summed E-state index contributed by atoms with van der Waals surface area (Å²) in [5.41, 5.74) is 2.55. The molecule has 7 heteroatoms. The van der Waals surface area contributed by atoms with E-state index in [4.69, 9.17) is 9.84 Å². The zero-order chi connectivity index (χ0) is 13.5. The second kappa shape index (κ2) is 6.45. The number of nitrogens with zero attached hydrogens (tertiary/aromatic N) is 1. The molecular formula is C11H14N2O5. The first-order valence-corrected chi connectivity index (χ1v) is 5.06. The number of benzene rings is 1. The van der Waals surface area contributed by atoms with Crippen LogP contribution < -0.4 is 15.1 Å². The molecule has 0 radical (unpaired) electrons. The summed E-state index contributed by atoms with van der Waals surface area (Å²) in [7, 11) is 3.00. The standard InChI is InChI=1S/C11H14N2O5/c1-13(11(16)12-18-7-10(14)15)8-5-3-4-6-9(8)17-2/h3-6H,7H2,1-2H3,(H,12,16)(H,14,15). The maximum Gasteiger partial charge on any atom is 0.345 e. The average molecular weight is 254 g/mol. The minimum atomic E-state index is -1.17. The number of nitrogens with one attached hydrogen (secondary N) is 1. The molecule has 0 spiro atoms. The molecule has 0 aliphatic carbocycles. The molecule has 0 unspecified atom stereocenters. The highest BCUT2D eigenvalue weighted by Crippen LogP contribution is 2.26. The smallest absolute Gasteiger partial charge is 0.345 e. The van der Waals surface area contributed by atoms with Gasteiger partial charge >= 0.3 is 12.0 Å². The van der Waals surface area contributed by atoms with Crippen molar-refractivity contribution in [3.8, 4) is 5.75 Å². The number of para-hydroxylation sites is 2. The van der Waals surface area contributed by atoms with E-state index < -0.39 is 18.6 Å². The number of aliphatic carboxylic acids is 1. The third kappa shape index (κ3) is 3.63. The highest BCUT2D eigenvalue weighted by Gasteiger charge is 2.14. The van der Waals surface area contributed by atoms with Gasteiger partial charge in [-0.2, -0.15) is 0 Å². The first kappa shape index (κ1) is 13.8. The third-order valence-electron chi connectivity index (χ3n) is 2.11. The van der Waals surface area contributed by atoms with E-state index >= 15 is 0 Å². The van der Waals surface area contributed by atoms with E-state index in [-0.39, 0.29) is 0 Å². The Hall–Kier alpha value is -2.28. The summed E-state index contributed by atoms with van der Waals surface area (Å²) in [4.78, 5) is 27.6. The number of carbonyl (C=O) groups is 2. The molecule has 0 aliphatic heterocycles. The SMILES string of the molecule is COc1ccccc1N(C)C(=O)NOCC(=O)O. The van der Waals surface area contributed by atoms with Crippen LogP contribution in [0.4, 0.5) is 10.5 Å². The molecule has 0 atom stereocenters. The molecule has 98 valence electrons. The minimum absolute atomic E-state index is 0.522. The number of methoxy groups -OCH3 is 1. The third-order valence-corrected chi connectivity index (χ3v) is 2.11. The van der Waals surface area contributed by atoms with Crippen LogP contribution in [0.2, 0.25) is 0 Å².